The number of benzene rings is 2. The molecule has 5 rings (SSSR count). The number of nitrogens with one attached hydrogen (secondary N) is 3. The van der Waals surface area contributed by atoms with Crippen LogP contribution in [-0.2, 0) is 4.74 Å². The number of aromatic nitrogens is 4. The second kappa shape index (κ2) is 9.88. The SMILES string of the molecule is COC1CCN(c2nc(N/N=C/c3c[nH]c4ccccc34)nc(Nc3ccc(C)cc3)n2)CC1. The van der Waals surface area contributed by atoms with Crippen molar-refractivity contribution < 1.29 is 4.74 Å². The molecule has 0 bridgehead atoms. The average Bonchev–Trinajstić information content (AvgIpc) is 3.28. The van der Waals surface area contributed by atoms with Gasteiger partial charge in [-0.3, -0.25) is 0 Å². The molecule has 2 aromatic carbocycles. The van der Waals surface area contributed by atoms with Crippen molar-refractivity contribution in [3.63, 3.8) is 0 Å². The molecule has 1 aliphatic heterocycles. The van der Waals surface area contributed by atoms with Crippen molar-refractivity contribution in [1.82, 2.24) is 19.9 Å². The number of H-pyrrole nitrogens is 1. The van der Waals surface area contributed by atoms with Gasteiger partial charge in [-0.25, -0.2) is 5.43 Å². The lowest BCUT2D eigenvalue weighted by Crippen LogP contribution is -2.37. The lowest BCUT2D eigenvalue weighted by Gasteiger charge is -2.31. The van der Waals surface area contributed by atoms with Crippen molar-refractivity contribution in [2.24, 2.45) is 5.10 Å². The Balaban J connectivity index is 1.38. The van der Waals surface area contributed by atoms with Gasteiger partial charge in [0.15, 0.2) is 0 Å². The second-order valence-electron chi connectivity index (χ2n) is 8.36. The highest BCUT2D eigenvalue weighted by atomic mass is 16.5. The van der Waals surface area contributed by atoms with Crippen LogP contribution in [-0.4, -0.2) is 52.5 Å². The van der Waals surface area contributed by atoms with E-state index >= 15 is 0 Å². The average molecular weight is 457 g/mol. The van der Waals surface area contributed by atoms with Crippen LogP contribution in [0.2, 0.25) is 0 Å². The van der Waals surface area contributed by atoms with E-state index in [1.165, 1.54) is 5.56 Å². The molecule has 0 unspecified atom stereocenters. The summed E-state index contributed by atoms with van der Waals surface area (Å²) < 4.78 is 5.50. The van der Waals surface area contributed by atoms with Crippen molar-refractivity contribution >= 4 is 40.6 Å². The number of fused-ring (bicyclic) bond motifs is 1. The molecule has 3 N–H and O–H groups in total. The van der Waals surface area contributed by atoms with Crippen LogP contribution in [0.25, 0.3) is 10.9 Å². The van der Waals surface area contributed by atoms with E-state index < -0.39 is 0 Å². The smallest absolute Gasteiger partial charge is 0.250 e. The Kier molecular flexibility index (Phi) is 6.35. The number of hydrogen-bond donors (Lipinski definition) is 3. The third-order valence-electron chi connectivity index (χ3n) is 5.98. The molecule has 4 aromatic rings. The van der Waals surface area contributed by atoms with Crippen LogP contribution in [0.5, 0.6) is 0 Å². The van der Waals surface area contributed by atoms with Gasteiger partial charge in [0.2, 0.25) is 17.8 Å². The Hall–Kier alpha value is -3.98. The largest absolute Gasteiger partial charge is 0.381 e. The topological polar surface area (TPSA) is 103 Å². The highest BCUT2D eigenvalue weighted by Gasteiger charge is 2.22. The van der Waals surface area contributed by atoms with E-state index in [1.54, 1.807) is 13.3 Å². The number of methoxy groups -OCH3 is 1. The molecule has 3 heterocycles. The predicted molar refractivity (Wildman–Crippen MR) is 136 cm³/mol. The molecule has 1 aliphatic rings. The first-order valence-corrected chi connectivity index (χ1v) is 11.4. The molecule has 0 aliphatic carbocycles. The van der Waals surface area contributed by atoms with E-state index in [4.69, 9.17) is 4.74 Å². The third-order valence-corrected chi connectivity index (χ3v) is 5.98. The highest BCUT2D eigenvalue weighted by molar-refractivity contribution is 5.99. The molecule has 0 amide bonds. The number of ether oxygens (including phenoxy) is 1. The first-order chi connectivity index (χ1) is 16.7. The number of piperidine rings is 1. The summed E-state index contributed by atoms with van der Waals surface area (Å²) >= 11 is 0. The quantitative estimate of drug-likeness (QED) is 0.278. The second-order valence-corrected chi connectivity index (χ2v) is 8.36. The standard InChI is InChI=1S/C25H28N8O/c1-17-7-9-19(10-8-17)28-23-29-24(31-25(30-23)33-13-11-20(34-2)12-14-33)32-27-16-18-15-26-22-6-4-3-5-21(18)22/h3-10,15-16,20,26H,11-14H2,1-2H3,(H2,28,29,30,31,32)/b27-16+. The number of rotatable bonds is 7. The predicted octanol–water partition coefficient (Wildman–Crippen LogP) is 4.47. The third kappa shape index (κ3) is 4.99. The van der Waals surface area contributed by atoms with Gasteiger partial charge in [0.1, 0.15) is 0 Å². The molecule has 0 radical (unpaired) electrons. The van der Waals surface area contributed by atoms with Gasteiger partial charge in [0.05, 0.1) is 12.3 Å². The molecule has 0 saturated carbocycles. The summed E-state index contributed by atoms with van der Waals surface area (Å²) in [5, 5.41) is 8.78. The maximum absolute atomic E-state index is 5.50. The van der Waals surface area contributed by atoms with Crippen molar-refractivity contribution in [2.45, 2.75) is 25.9 Å². The molecular formula is C25H28N8O. The van der Waals surface area contributed by atoms with Crippen molar-refractivity contribution in [3.8, 4) is 0 Å². The van der Waals surface area contributed by atoms with Gasteiger partial charge in [-0.15, -0.1) is 0 Å². The molecule has 2 aromatic heterocycles. The summed E-state index contributed by atoms with van der Waals surface area (Å²) in [4.78, 5) is 19.3. The summed E-state index contributed by atoms with van der Waals surface area (Å²) in [7, 11) is 1.76. The first kappa shape index (κ1) is 21.8. The van der Waals surface area contributed by atoms with Gasteiger partial charge in [-0.05, 0) is 38.0 Å². The van der Waals surface area contributed by atoms with Crippen LogP contribution >= 0.6 is 0 Å². The molecule has 0 atom stereocenters. The Morgan fingerprint density at radius 3 is 2.59 bits per heavy atom. The van der Waals surface area contributed by atoms with Crippen LogP contribution in [0.4, 0.5) is 23.5 Å². The molecule has 174 valence electrons. The summed E-state index contributed by atoms with van der Waals surface area (Å²) in [6, 6.07) is 16.2. The lowest BCUT2D eigenvalue weighted by atomic mass is 10.1. The zero-order valence-electron chi connectivity index (χ0n) is 19.3. The number of hydrogen-bond acceptors (Lipinski definition) is 8. The minimum Gasteiger partial charge on any atom is -0.381 e. The Morgan fingerprint density at radius 2 is 1.79 bits per heavy atom. The van der Waals surface area contributed by atoms with Crippen molar-refractivity contribution in [1.29, 1.82) is 0 Å². The van der Waals surface area contributed by atoms with Gasteiger partial charge in [-0.2, -0.15) is 20.1 Å². The maximum Gasteiger partial charge on any atom is 0.250 e. The van der Waals surface area contributed by atoms with Gasteiger partial charge in [0, 0.05) is 48.5 Å². The fraction of sp³-hybridized carbons (Fsp3) is 0.280. The number of nitrogens with zero attached hydrogens (tertiary/aromatic N) is 5. The van der Waals surface area contributed by atoms with E-state index in [0.29, 0.717) is 17.8 Å². The van der Waals surface area contributed by atoms with E-state index in [1.807, 2.05) is 48.7 Å². The van der Waals surface area contributed by atoms with Gasteiger partial charge in [0.25, 0.3) is 0 Å². The fourth-order valence-electron chi connectivity index (χ4n) is 4.03. The fourth-order valence-corrected chi connectivity index (χ4v) is 4.03. The van der Waals surface area contributed by atoms with Gasteiger partial charge < -0.3 is 19.9 Å². The zero-order chi connectivity index (χ0) is 23.3. The van der Waals surface area contributed by atoms with Crippen LogP contribution in [0.3, 0.4) is 0 Å². The normalized spacial score (nSPS) is 14.7. The summed E-state index contributed by atoms with van der Waals surface area (Å²) in [6.07, 6.45) is 5.84. The molecule has 34 heavy (non-hydrogen) atoms. The number of anilines is 4. The molecule has 9 nitrogen and oxygen atoms in total. The minimum absolute atomic E-state index is 0.279. The van der Waals surface area contributed by atoms with E-state index in [2.05, 4.69) is 53.7 Å². The Labute approximate surface area is 198 Å². The molecular weight excluding hydrogens is 428 g/mol. The molecule has 9 heteroatoms. The van der Waals surface area contributed by atoms with E-state index in [-0.39, 0.29) is 6.10 Å². The lowest BCUT2D eigenvalue weighted by molar-refractivity contribution is 0.0816. The minimum atomic E-state index is 0.279. The van der Waals surface area contributed by atoms with Gasteiger partial charge >= 0.3 is 0 Å². The van der Waals surface area contributed by atoms with Gasteiger partial charge in [-0.1, -0.05) is 35.9 Å². The number of hydrazone groups is 1. The summed E-state index contributed by atoms with van der Waals surface area (Å²) in [5.41, 5.74) is 7.14. The zero-order valence-corrected chi connectivity index (χ0v) is 19.3. The Bertz CT molecular complexity index is 1280. The number of aromatic amines is 1. The van der Waals surface area contributed by atoms with Crippen LogP contribution in [0.1, 0.15) is 24.0 Å². The van der Waals surface area contributed by atoms with Crippen molar-refractivity contribution in [3.05, 3.63) is 65.9 Å². The Morgan fingerprint density at radius 1 is 1.03 bits per heavy atom. The highest BCUT2D eigenvalue weighted by Crippen LogP contribution is 2.22. The maximum atomic E-state index is 5.50. The van der Waals surface area contributed by atoms with Crippen LogP contribution in [0, 0.1) is 6.92 Å². The molecule has 1 saturated heterocycles. The number of aryl methyl sites for hydroxylation is 1. The summed E-state index contributed by atoms with van der Waals surface area (Å²) in [6.45, 7) is 3.71. The monoisotopic (exact) mass is 456 g/mol. The molecule has 0 spiro atoms. The first-order valence-electron chi connectivity index (χ1n) is 11.4. The molecule has 1 fully saturated rings. The van der Waals surface area contributed by atoms with Crippen LogP contribution in [0.15, 0.2) is 59.8 Å². The van der Waals surface area contributed by atoms with E-state index in [0.717, 1.165) is 48.1 Å². The number of para-hydroxylation sites is 1. The van der Waals surface area contributed by atoms with Crippen molar-refractivity contribution in [2.75, 3.05) is 35.8 Å². The van der Waals surface area contributed by atoms with E-state index in [9.17, 15) is 0 Å². The van der Waals surface area contributed by atoms with Crippen LogP contribution < -0.4 is 15.6 Å². The summed E-state index contributed by atoms with van der Waals surface area (Å²) in [5.74, 6) is 1.46.